The van der Waals surface area contributed by atoms with Crippen molar-refractivity contribution in [2.45, 2.75) is 40.0 Å². The Morgan fingerprint density at radius 1 is 1.07 bits per heavy atom. The maximum Gasteiger partial charge on any atom is 0.144 e. The van der Waals surface area contributed by atoms with Crippen molar-refractivity contribution in [1.29, 1.82) is 0 Å². The first-order chi connectivity index (χ1) is 14.3. The highest BCUT2D eigenvalue weighted by atomic mass is 19.1. The van der Waals surface area contributed by atoms with Crippen LogP contribution in [0.4, 0.5) is 15.9 Å². The Labute approximate surface area is 177 Å². The van der Waals surface area contributed by atoms with Gasteiger partial charge in [0.05, 0.1) is 24.2 Å². The summed E-state index contributed by atoms with van der Waals surface area (Å²) in [4.78, 5) is 8.77. The number of nitrogen functional groups attached to an aromatic ring is 2. The Balaban J connectivity index is 1.82. The van der Waals surface area contributed by atoms with Gasteiger partial charge < -0.3 is 16.2 Å². The third-order valence-corrected chi connectivity index (χ3v) is 5.49. The molecule has 1 aromatic heterocycles. The van der Waals surface area contributed by atoms with Crippen LogP contribution in [0.5, 0.6) is 5.75 Å². The lowest BCUT2D eigenvalue weighted by molar-refractivity contribution is 0.313. The summed E-state index contributed by atoms with van der Waals surface area (Å²) < 4.78 is 19.9. The topological polar surface area (TPSA) is 87.0 Å². The number of benzene rings is 2. The smallest absolute Gasteiger partial charge is 0.144 e. The van der Waals surface area contributed by atoms with E-state index in [9.17, 15) is 4.39 Å². The minimum atomic E-state index is -0.247. The monoisotopic (exact) mass is 408 g/mol. The number of aryl methyl sites for hydroxylation is 1. The van der Waals surface area contributed by atoms with Gasteiger partial charge in [0, 0.05) is 23.2 Å². The molecule has 3 aromatic rings. The first kappa shape index (κ1) is 21.6. The highest BCUT2D eigenvalue weighted by molar-refractivity contribution is 5.68. The molecule has 0 fully saturated rings. The van der Waals surface area contributed by atoms with Gasteiger partial charge in [0.15, 0.2) is 0 Å². The lowest BCUT2D eigenvalue weighted by Crippen LogP contribution is -2.09. The molecule has 5 nitrogen and oxygen atoms in total. The molecule has 0 amide bonds. The lowest BCUT2D eigenvalue weighted by atomic mass is 9.89. The van der Waals surface area contributed by atoms with E-state index in [1.54, 1.807) is 18.3 Å². The molecule has 6 heteroatoms. The summed E-state index contributed by atoms with van der Waals surface area (Å²) in [5, 5.41) is 0. The normalized spacial score (nSPS) is 12.2. The van der Waals surface area contributed by atoms with Gasteiger partial charge in [-0.2, -0.15) is 0 Å². The van der Waals surface area contributed by atoms with Gasteiger partial charge in [-0.3, -0.25) is 0 Å². The van der Waals surface area contributed by atoms with Gasteiger partial charge in [-0.25, -0.2) is 14.4 Å². The highest BCUT2D eigenvalue weighted by Crippen LogP contribution is 2.33. The lowest BCUT2D eigenvalue weighted by Gasteiger charge is -2.20. The zero-order valence-corrected chi connectivity index (χ0v) is 17.9. The summed E-state index contributed by atoms with van der Waals surface area (Å²) in [6, 6.07) is 10.4. The van der Waals surface area contributed by atoms with E-state index in [4.69, 9.17) is 16.2 Å². The van der Waals surface area contributed by atoms with Gasteiger partial charge in [0.2, 0.25) is 0 Å². The van der Waals surface area contributed by atoms with E-state index in [1.165, 1.54) is 6.07 Å². The molecule has 2 aromatic carbocycles. The van der Waals surface area contributed by atoms with Gasteiger partial charge in [-0.1, -0.05) is 26.8 Å². The molecule has 0 aliphatic heterocycles. The van der Waals surface area contributed by atoms with Crippen molar-refractivity contribution in [3.63, 3.8) is 0 Å². The van der Waals surface area contributed by atoms with E-state index in [0.717, 1.165) is 28.1 Å². The molecule has 158 valence electrons. The van der Waals surface area contributed by atoms with Gasteiger partial charge in [-0.15, -0.1) is 0 Å². The first-order valence-corrected chi connectivity index (χ1v) is 10.2. The quantitative estimate of drug-likeness (QED) is 0.529. The van der Waals surface area contributed by atoms with Crippen LogP contribution in [0.2, 0.25) is 0 Å². The van der Waals surface area contributed by atoms with E-state index < -0.39 is 0 Å². The number of rotatable bonds is 7. The molecule has 4 N–H and O–H groups in total. The van der Waals surface area contributed by atoms with Gasteiger partial charge in [-0.05, 0) is 54.7 Å². The predicted octanol–water partition coefficient (Wildman–Crippen LogP) is 5.14. The molecule has 1 unspecified atom stereocenters. The summed E-state index contributed by atoms with van der Waals surface area (Å²) in [5.41, 5.74) is 16.7. The average Bonchev–Trinajstić information content (AvgIpc) is 2.71. The molecule has 0 saturated heterocycles. The van der Waals surface area contributed by atoms with Crippen LogP contribution in [0.15, 0.2) is 42.6 Å². The third-order valence-electron chi connectivity index (χ3n) is 5.49. The highest BCUT2D eigenvalue weighted by Gasteiger charge is 2.17. The average molecular weight is 409 g/mol. The second-order valence-electron chi connectivity index (χ2n) is 7.96. The Morgan fingerprint density at radius 3 is 2.53 bits per heavy atom. The zero-order valence-electron chi connectivity index (χ0n) is 17.9. The number of nitrogens with zero attached hydrogens (tertiary/aromatic N) is 2. The molecule has 1 heterocycles. The Kier molecular flexibility index (Phi) is 6.55. The minimum absolute atomic E-state index is 0.191. The second kappa shape index (κ2) is 9.11. The second-order valence-corrected chi connectivity index (χ2v) is 7.96. The van der Waals surface area contributed by atoms with Crippen LogP contribution in [0.1, 0.15) is 43.5 Å². The van der Waals surface area contributed by atoms with Crippen LogP contribution in [-0.2, 0) is 6.42 Å². The fourth-order valence-electron chi connectivity index (χ4n) is 3.31. The molecule has 30 heavy (non-hydrogen) atoms. The summed E-state index contributed by atoms with van der Waals surface area (Å²) in [7, 11) is 0. The van der Waals surface area contributed by atoms with Crippen LogP contribution >= 0.6 is 0 Å². The molecule has 0 aliphatic carbocycles. The minimum Gasteiger partial charge on any atom is -0.493 e. The molecule has 0 bridgehead atoms. The van der Waals surface area contributed by atoms with Crippen molar-refractivity contribution in [2.24, 2.45) is 5.92 Å². The molecule has 1 atom stereocenters. The van der Waals surface area contributed by atoms with E-state index in [1.807, 2.05) is 25.1 Å². The van der Waals surface area contributed by atoms with Crippen molar-refractivity contribution >= 4 is 11.5 Å². The summed E-state index contributed by atoms with van der Waals surface area (Å²) in [6.07, 6.45) is 2.30. The molecule has 0 radical (unpaired) electrons. The number of nitrogens with two attached hydrogens (primary N) is 2. The maximum atomic E-state index is 13.8. The van der Waals surface area contributed by atoms with Crippen LogP contribution in [0.25, 0.3) is 11.3 Å². The zero-order chi connectivity index (χ0) is 21.8. The summed E-state index contributed by atoms with van der Waals surface area (Å²) in [6.45, 7) is 8.60. The number of hydrogen-bond acceptors (Lipinski definition) is 5. The van der Waals surface area contributed by atoms with E-state index in [0.29, 0.717) is 36.1 Å². The molecule has 0 spiro atoms. The van der Waals surface area contributed by atoms with Crippen LogP contribution in [0.3, 0.4) is 0 Å². The Morgan fingerprint density at radius 2 is 1.83 bits per heavy atom. The van der Waals surface area contributed by atoms with Gasteiger partial charge >= 0.3 is 0 Å². The van der Waals surface area contributed by atoms with Crippen molar-refractivity contribution < 1.29 is 9.13 Å². The number of halogens is 1. The van der Waals surface area contributed by atoms with Crippen molar-refractivity contribution in [3.8, 4) is 17.0 Å². The van der Waals surface area contributed by atoms with Crippen LogP contribution in [-0.4, -0.2) is 16.6 Å². The van der Waals surface area contributed by atoms with Crippen LogP contribution < -0.4 is 16.2 Å². The number of aromatic nitrogens is 2. The van der Waals surface area contributed by atoms with Gasteiger partial charge in [0.1, 0.15) is 17.4 Å². The Bertz CT molecular complexity index is 1040. The predicted molar refractivity (Wildman–Crippen MR) is 120 cm³/mol. The number of hydrogen-bond donors (Lipinski definition) is 2. The third kappa shape index (κ3) is 4.87. The van der Waals surface area contributed by atoms with Crippen molar-refractivity contribution in [3.05, 3.63) is 65.2 Å². The standard InChI is InChI=1S/C24H29FN4O/c1-14(2)15(3)20-11-18(25)6-8-23(20)30-10-9-17-5-7-19(26)12-21(17)22-13-28-24(27)16(4)29-22/h5-8,11-15H,9-10,26H2,1-4H3,(H2,27,28). The molecule has 3 rings (SSSR count). The van der Waals surface area contributed by atoms with Crippen LogP contribution in [0, 0.1) is 18.7 Å². The summed E-state index contributed by atoms with van der Waals surface area (Å²) >= 11 is 0. The Hall–Kier alpha value is -3.15. The van der Waals surface area contributed by atoms with Gasteiger partial charge in [0.25, 0.3) is 0 Å². The largest absolute Gasteiger partial charge is 0.493 e. The van der Waals surface area contributed by atoms with Crippen molar-refractivity contribution in [1.82, 2.24) is 9.97 Å². The van der Waals surface area contributed by atoms with Crippen molar-refractivity contribution in [2.75, 3.05) is 18.1 Å². The van der Waals surface area contributed by atoms with E-state index in [-0.39, 0.29) is 11.7 Å². The molecular weight excluding hydrogens is 379 g/mol. The fourth-order valence-corrected chi connectivity index (χ4v) is 3.31. The molecule has 0 saturated carbocycles. The van der Waals surface area contributed by atoms with E-state index in [2.05, 4.69) is 30.7 Å². The first-order valence-electron chi connectivity index (χ1n) is 10.2. The number of ether oxygens (including phenoxy) is 1. The molecule has 0 aliphatic rings. The SMILES string of the molecule is Cc1nc(-c2cc(N)ccc2CCOc2ccc(F)cc2C(C)C(C)C)cnc1N. The summed E-state index contributed by atoms with van der Waals surface area (Å²) in [5.74, 6) is 1.46. The van der Waals surface area contributed by atoms with E-state index >= 15 is 0 Å². The molecular formula is C24H29FN4O. The number of anilines is 2. The maximum absolute atomic E-state index is 13.8. The fraction of sp³-hybridized carbons (Fsp3) is 0.333.